The third-order valence-electron chi connectivity index (χ3n) is 2.64. The molecule has 4 heteroatoms. The second-order valence-electron chi connectivity index (χ2n) is 3.75. The molecule has 0 bridgehead atoms. The molecule has 0 aliphatic heterocycles. The molecular weight excluding hydrogens is 216 g/mol. The van der Waals surface area contributed by atoms with Gasteiger partial charge in [0.1, 0.15) is 5.76 Å². The summed E-state index contributed by atoms with van der Waals surface area (Å²) in [6.45, 7) is 0.823. The maximum absolute atomic E-state index is 5.35. The van der Waals surface area contributed by atoms with Crippen molar-refractivity contribution in [1.29, 1.82) is 0 Å². The first-order valence-electron chi connectivity index (χ1n) is 5.51. The van der Waals surface area contributed by atoms with Crippen LogP contribution in [-0.4, -0.2) is 9.55 Å². The number of rotatable bonds is 4. The van der Waals surface area contributed by atoms with Crippen LogP contribution in [0.15, 0.2) is 58.0 Å². The molecule has 0 aliphatic rings. The first-order valence-corrected chi connectivity index (χ1v) is 5.51. The second kappa shape index (κ2) is 4.33. The third-order valence-corrected chi connectivity index (χ3v) is 2.64. The van der Waals surface area contributed by atoms with Gasteiger partial charge < -0.3 is 13.4 Å². The highest BCUT2D eigenvalue weighted by Crippen LogP contribution is 2.18. The van der Waals surface area contributed by atoms with Crippen molar-refractivity contribution in [3.05, 3.63) is 54.9 Å². The first kappa shape index (κ1) is 9.96. The Kier molecular flexibility index (Phi) is 2.54. The van der Waals surface area contributed by atoms with Gasteiger partial charge in [-0.1, -0.05) is 0 Å². The van der Waals surface area contributed by atoms with Gasteiger partial charge in [-0.3, -0.25) is 0 Å². The average molecular weight is 228 g/mol. The van der Waals surface area contributed by atoms with Crippen molar-refractivity contribution in [2.75, 3.05) is 0 Å². The summed E-state index contributed by atoms with van der Waals surface area (Å²) < 4.78 is 12.7. The molecule has 3 aromatic rings. The van der Waals surface area contributed by atoms with Crippen molar-refractivity contribution < 1.29 is 8.83 Å². The quantitative estimate of drug-likeness (QED) is 0.689. The molecule has 0 aliphatic carbocycles. The Morgan fingerprint density at radius 1 is 1.12 bits per heavy atom. The van der Waals surface area contributed by atoms with E-state index in [1.165, 1.54) is 0 Å². The number of aryl methyl sites for hydroxylation is 2. The summed E-state index contributed by atoms with van der Waals surface area (Å²) >= 11 is 0. The number of hydrogen-bond donors (Lipinski definition) is 0. The van der Waals surface area contributed by atoms with Gasteiger partial charge in [-0.25, -0.2) is 4.98 Å². The summed E-state index contributed by atoms with van der Waals surface area (Å²) in [5, 5.41) is 0. The van der Waals surface area contributed by atoms with E-state index in [1.54, 1.807) is 18.7 Å². The Labute approximate surface area is 98.5 Å². The Morgan fingerprint density at radius 3 is 2.76 bits per heavy atom. The van der Waals surface area contributed by atoms with Crippen LogP contribution in [0.1, 0.15) is 5.76 Å². The topological polar surface area (TPSA) is 44.1 Å². The van der Waals surface area contributed by atoms with E-state index in [4.69, 9.17) is 8.83 Å². The molecule has 0 fully saturated rings. The largest absolute Gasteiger partial charge is 0.469 e. The van der Waals surface area contributed by atoms with Crippen LogP contribution in [0.2, 0.25) is 0 Å². The molecule has 0 radical (unpaired) electrons. The zero-order chi connectivity index (χ0) is 11.5. The van der Waals surface area contributed by atoms with Gasteiger partial charge in [-0.15, -0.1) is 0 Å². The van der Waals surface area contributed by atoms with Gasteiger partial charge in [0.05, 0.1) is 12.5 Å². The molecule has 3 heterocycles. The maximum atomic E-state index is 5.35. The highest BCUT2D eigenvalue weighted by Gasteiger charge is 2.08. The van der Waals surface area contributed by atoms with Crippen LogP contribution in [0.3, 0.4) is 0 Å². The van der Waals surface area contributed by atoms with Gasteiger partial charge in [0.2, 0.25) is 0 Å². The first-order chi connectivity index (χ1) is 8.43. The SMILES string of the molecule is c1coc(CCn2ccnc2-c2ccco2)c1. The van der Waals surface area contributed by atoms with E-state index in [9.17, 15) is 0 Å². The fraction of sp³-hybridized carbons (Fsp3) is 0.154. The smallest absolute Gasteiger partial charge is 0.176 e. The predicted octanol–water partition coefficient (Wildman–Crippen LogP) is 2.98. The molecule has 0 saturated carbocycles. The molecule has 0 atom stereocenters. The summed E-state index contributed by atoms with van der Waals surface area (Å²) in [4.78, 5) is 4.30. The van der Waals surface area contributed by atoms with E-state index in [2.05, 4.69) is 9.55 Å². The molecule has 0 saturated heterocycles. The lowest BCUT2D eigenvalue weighted by molar-refractivity contribution is 0.490. The summed E-state index contributed by atoms with van der Waals surface area (Å²) in [6.07, 6.45) is 7.91. The molecule has 3 rings (SSSR count). The van der Waals surface area contributed by atoms with Crippen molar-refractivity contribution in [3.63, 3.8) is 0 Å². The predicted molar refractivity (Wildman–Crippen MR) is 62.3 cm³/mol. The second-order valence-corrected chi connectivity index (χ2v) is 3.75. The van der Waals surface area contributed by atoms with Crippen LogP contribution in [0.5, 0.6) is 0 Å². The van der Waals surface area contributed by atoms with E-state index in [1.807, 2.05) is 30.5 Å². The van der Waals surface area contributed by atoms with Crippen molar-refractivity contribution in [2.45, 2.75) is 13.0 Å². The molecule has 0 unspecified atom stereocenters. The van der Waals surface area contributed by atoms with Crippen LogP contribution < -0.4 is 0 Å². The van der Waals surface area contributed by atoms with E-state index in [0.29, 0.717) is 0 Å². The summed E-state index contributed by atoms with van der Waals surface area (Å²) in [6, 6.07) is 7.65. The van der Waals surface area contributed by atoms with E-state index < -0.39 is 0 Å². The molecule has 17 heavy (non-hydrogen) atoms. The Bertz CT molecular complexity index is 564. The molecule has 0 N–H and O–H groups in total. The molecule has 0 amide bonds. The molecule has 0 spiro atoms. The fourth-order valence-electron chi connectivity index (χ4n) is 1.81. The zero-order valence-electron chi connectivity index (χ0n) is 9.24. The monoisotopic (exact) mass is 228 g/mol. The number of nitrogens with zero attached hydrogens (tertiary/aromatic N) is 2. The molecule has 0 aromatic carbocycles. The van der Waals surface area contributed by atoms with Crippen LogP contribution in [0.4, 0.5) is 0 Å². The lowest BCUT2D eigenvalue weighted by atomic mass is 10.3. The minimum absolute atomic E-state index is 0.787. The molecular formula is C13H12N2O2. The Morgan fingerprint density at radius 2 is 2.00 bits per heavy atom. The minimum atomic E-state index is 0.787. The van der Waals surface area contributed by atoms with Crippen molar-refractivity contribution in [2.24, 2.45) is 0 Å². The normalized spacial score (nSPS) is 10.8. The summed E-state index contributed by atoms with van der Waals surface area (Å²) in [5.41, 5.74) is 0. The molecule has 86 valence electrons. The Balaban J connectivity index is 1.78. The van der Waals surface area contributed by atoms with Gasteiger partial charge in [-0.05, 0) is 24.3 Å². The van der Waals surface area contributed by atoms with E-state index in [-0.39, 0.29) is 0 Å². The number of hydrogen-bond acceptors (Lipinski definition) is 3. The summed E-state index contributed by atoms with van der Waals surface area (Å²) in [5.74, 6) is 2.61. The van der Waals surface area contributed by atoms with Crippen LogP contribution >= 0.6 is 0 Å². The van der Waals surface area contributed by atoms with Crippen LogP contribution in [0.25, 0.3) is 11.6 Å². The standard InChI is InChI=1S/C13H12N2O2/c1-3-11(16-9-1)5-7-15-8-6-14-13(15)12-4-2-10-17-12/h1-4,6,8-10H,5,7H2. The Hall–Kier alpha value is -2.23. The van der Waals surface area contributed by atoms with Crippen LogP contribution in [0, 0.1) is 0 Å². The lowest BCUT2D eigenvalue weighted by Gasteiger charge is -2.04. The zero-order valence-corrected chi connectivity index (χ0v) is 9.24. The third kappa shape index (κ3) is 2.01. The van der Waals surface area contributed by atoms with Gasteiger partial charge >= 0.3 is 0 Å². The summed E-state index contributed by atoms with van der Waals surface area (Å²) in [7, 11) is 0. The lowest BCUT2D eigenvalue weighted by Crippen LogP contribution is -2.01. The van der Waals surface area contributed by atoms with Crippen molar-refractivity contribution >= 4 is 0 Å². The van der Waals surface area contributed by atoms with Crippen molar-refractivity contribution in [1.82, 2.24) is 9.55 Å². The van der Waals surface area contributed by atoms with E-state index >= 15 is 0 Å². The van der Waals surface area contributed by atoms with Gasteiger partial charge in [0.25, 0.3) is 0 Å². The average Bonchev–Trinajstić information content (AvgIpc) is 3.09. The fourth-order valence-corrected chi connectivity index (χ4v) is 1.81. The van der Waals surface area contributed by atoms with Crippen LogP contribution in [-0.2, 0) is 13.0 Å². The van der Waals surface area contributed by atoms with Crippen molar-refractivity contribution in [3.8, 4) is 11.6 Å². The number of imidazole rings is 1. The minimum Gasteiger partial charge on any atom is -0.469 e. The van der Waals surface area contributed by atoms with Gasteiger partial charge in [-0.2, -0.15) is 0 Å². The van der Waals surface area contributed by atoms with Gasteiger partial charge in [0, 0.05) is 25.4 Å². The molecule has 4 nitrogen and oxygen atoms in total. The maximum Gasteiger partial charge on any atom is 0.176 e. The van der Waals surface area contributed by atoms with Gasteiger partial charge in [0.15, 0.2) is 11.6 Å². The van der Waals surface area contributed by atoms with E-state index in [0.717, 1.165) is 30.3 Å². The molecule has 3 aromatic heterocycles. The number of aromatic nitrogens is 2. The number of furan rings is 2. The highest BCUT2D eigenvalue weighted by atomic mass is 16.3. The highest BCUT2D eigenvalue weighted by molar-refractivity contribution is 5.46.